The van der Waals surface area contributed by atoms with E-state index in [-0.39, 0.29) is 45.5 Å². The zero-order valence-corrected chi connectivity index (χ0v) is 29.5. The van der Waals surface area contributed by atoms with E-state index in [0.29, 0.717) is 29.2 Å². The van der Waals surface area contributed by atoms with E-state index in [1.54, 1.807) is 54.8 Å². The average molecular weight is 697 g/mol. The topological polar surface area (TPSA) is 126 Å². The van der Waals surface area contributed by atoms with Crippen LogP contribution in [0.15, 0.2) is 54.6 Å². The highest BCUT2D eigenvalue weighted by Gasteiger charge is 2.40. The van der Waals surface area contributed by atoms with E-state index in [2.05, 4.69) is 5.43 Å². The summed E-state index contributed by atoms with van der Waals surface area (Å²) in [5, 5.41) is 1.55. The predicted molar refractivity (Wildman–Crippen MR) is 185 cm³/mol. The number of nitrogens with one attached hydrogen (secondary N) is 1. The molecule has 49 heavy (non-hydrogen) atoms. The highest BCUT2D eigenvalue weighted by atomic mass is 35.5. The molecule has 2 aromatic rings. The molecule has 2 aromatic carbocycles. The minimum absolute atomic E-state index is 0.00560. The molecule has 0 aromatic heterocycles. The molecule has 0 radical (unpaired) electrons. The highest BCUT2D eigenvalue weighted by molar-refractivity contribution is 6.30. The van der Waals surface area contributed by atoms with E-state index in [4.69, 9.17) is 21.1 Å². The Morgan fingerprint density at radius 2 is 1.76 bits per heavy atom. The second kappa shape index (κ2) is 18.0. The molecular weight excluding hydrogens is 648 g/mol. The molecule has 0 bridgehead atoms. The minimum atomic E-state index is -1.17. The van der Waals surface area contributed by atoms with Crippen LogP contribution in [0.1, 0.15) is 95.7 Å². The van der Waals surface area contributed by atoms with Gasteiger partial charge in [0, 0.05) is 37.5 Å². The van der Waals surface area contributed by atoms with E-state index in [0.717, 1.165) is 36.3 Å². The van der Waals surface area contributed by atoms with Crippen molar-refractivity contribution in [2.45, 2.75) is 103 Å². The summed E-state index contributed by atoms with van der Waals surface area (Å²) in [7, 11) is 0. The number of aldehydes is 1. The third-order valence-electron chi connectivity index (χ3n) is 8.89. The molecule has 1 N–H and O–H groups in total. The molecule has 2 fully saturated rings. The summed E-state index contributed by atoms with van der Waals surface area (Å²) in [5.74, 6) is -0.472. The molecule has 12 heteroatoms. The first kappa shape index (κ1) is 37.7. The Labute approximate surface area is 294 Å². The van der Waals surface area contributed by atoms with E-state index >= 15 is 0 Å². The van der Waals surface area contributed by atoms with Crippen LogP contribution in [-0.4, -0.2) is 76.4 Å². The molecular formula is C37H49ClN4O7. The lowest BCUT2D eigenvalue weighted by molar-refractivity contribution is -0.151. The van der Waals surface area contributed by atoms with Gasteiger partial charge in [0.1, 0.15) is 24.5 Å². The van der Waals surface area contributed by atoms with Crippen LogP contribution in [0.3, 0.4) is 0 Å². The van der Waals surface area contributed by atoms with Gasteiger partial charge < -0.3 is 19.2 Å². The number of hydrazine groups is 1. The van der Waals surface area contributed by atoms with Crippen molar-refractivity contribution in [1.29, 1.82) is 0 Å². The fourth-order valence-corrected chi connectivity index (χ4v) is 6.64. The molecule has 1 aliphatic heterocycles. The van der Waals surface area contributed by atoms with Gasteiger partial charge in [-0.05, 0) is 62.8 Å². The highest BCUT2D eigenvalue weighted by Crippen LogP contribution is 2.30. The van der Waals surface area contributed by atoms with Crippen molar-refractivity contribution < 1.29 is 33.4 Å². The first-order valence-corrected chi connectivity index (χ1v) is 17.6. The molecule has 1 saturated carbocycles. The Morgan fingerprint density at radius 1 is 1.02 bits per heavy atom. The second-order valence-electron chi connectivity index (χ2n) is 13.8. The molecule has 11 nitrogen and oxygen atoms in total. The zero-order valence-electron chi connectivity index (χ0n) is 28.8. The summed E-state index contributed by atoms with van der Waals surface area (Å²) >= 11 is 6.08. The van der Waals surface area contributed by atoms with Gasteiger partial charge in [0.05, 0.1) is 6.04 Å². The van der Waals surface area contributed by atoms with E-state index in [1.807, 2.05) is 30.3 Å². The largest absolute Gasteiger partial charge is 0.444 e. The minimum Gasteiger partial charge on any atom is -0.444 e. The van der Waals surface area contributed by atoms with Crippen LogP contribution >= 0.6 is 11.6 Å². The van der Waals surface area contributed by atoms with Gasteiger partial charge in [-0.1, -0.05) is 86.2 Å². The quantitative estimate of drug-likeness (QED) is 0.201. The monoisotopic (exact) mass is 696 g/mol. The number of hydrogen-bond donors (Lipinski definition) is 1. The van der Waals surface area contributed by atoms with Crippen LogP contribution in [0.5, 0.6) is 0 Å². The Bertz CT molecular complexity index is 1430. The van der Waals surface area contributed by atoms with Gasteiger partial charge >= 0.3 is 12.2 Å². The molecule has 1 heterocycles. The Hall–Kier alpha value is -4.12. The van der Waals surface area contributed by atoms with E-state index < -0.39 is 41.7 Å². The smallest absolute Gasteiger partial charge is 0.426 e. The molecule has 2 atom stereocenters. The van der Waals surface area contributed by atoms with Gasteiger partial charge in [0.25, 0.3) is 0 Å². The Morgan fingerprint density at radius 3 is 2.43 bits per heavy atom. The van der Waals surface area contributed by atoms with Gasteiger partial charge in [0.15, 0.2) is 0 Å². The van der Waals surface area contributed by atoms with Crippen molar-refractivity contribution >= 4 is 41.9 Å². The summed E-state index contributed by atoms with van der Waals surface area (Å²) in [6.45, 7) is 5.78. The molecule has 1 saturated heterocycles. The number of hydrogen-bond acceptors (Lipinski definition) is 7. The van der Waals surface area contributed by atoms with Crippen LogP contribution in [0.2, 0.25) is 5.02 Å². The van der Waals surface area contributed by atoms with Crippen molar-refractivity contribution in [3.8, 4) is 0 Å². The first-order chi connectivity index (χ1) is 23.4. The number of rotatable bonds is 11. The molecule has 1 aliphatic carbocycles. The van der Waals surface area contributed by atoms with Crippen molar-refractivity contribution in [2.24, 2.45) is 5.92 Å². The lowest BCUT2D eigenvalue weighted by Gasteiger charge is -2.43. The third kappa shape index (κ3) is 11.5. The SMILES string of the molecule is CC(C)(C)OC(=O)N1CCN(C(=O)C(CCC=O)N(NC(=O)OCc2cccc(Cl)c2)C(=O)CCC2CCCCC2)CC1c1ccccc1. The summed E-state index contributed by atoms with van der Waals surface area (Å²) in [6, 6.07) is 14.5. The maximum atomic E-state index is 14.4. The number of nitrogens with zero attached hydrogens (tertiary/aromatic N) is 3. The van der Waals surface area contributed by atoms with Crippen molar-refractivity contribution in [2.75, 3.05) is 19.6 Å². The fourth-order valence-electron chi connectivity index (χ4n) is 6.43. The predicted octanol–water partition coefficient (Wildman–Crippen LogP) is 6.84. The zero-order chi connectivity index (χ0) is 35.4. The number of benzene rings is 2. The van der Waals surface area contributed by atoms with Crippen LogP contribution in [0, 0.1) is 5.92 Å². The van der Waals surface area contributed by atoms with Crippen molar-refractivity contribution in [3.63, 3.8) is 0 Å². The molecule has 266 valence electrons. The van der Waals surface area contributed by atoms with E-state index in [1.165, 1.54) is 6.42 Å². The molecule has 4 rings (SSSR count). The van der Waals surface area contributed by atoms with Crippen LogP contribution in [0.25, 0.3) is 0 Å². The maximum Gasteiger partial charge on any atom is 0.426 e. The third-order valence-corrected chi connectivity index (χ3v) is 9.12. The normalized spacial score (nSPS) is 17.5. The molecule has 0 spiro atoms. The van der Waals surface area contributed by atoms with Crippen LogP contribution < -0.4 is 5.43 Å². The Balaban J connectivity index is 1.57. The average Bonchev–Trinajstić information content (AvgIpc) is 3.09. The number of amides is 4. The van der Waals surface area contributed by atoms with Gasteiger partial charge in [-0.25, -0.2) is 20.0 Å². The van der Waals surface area contributed by atoms with Crippen molar-refractivity contribution in [1.82, 2.24) is 20.2 Å². The number of halogens is 1. The first-order valence-electron chi connectivity index (χ1n) is 17.2. The second-order valence-corrected chi connectivity index (χ2v) is 14.2. The molecule has 2 aliphatic rings. The maximum absolute atomic E-state index is 14.4. The number of carbonyl (C=O) groups excluding carboxylic acids is 5. The van der Waals surface area contributed by atoms with Crippen molar-refractivity contribution in [3.05, 3.63) is 70.7 Å². The molecule has 2 unspecified atom stereocenters. The number of carbonyl (C=O) groups is 5. The summed E-state index contributed by atoms with van der Waals surface area (Å²) < 4.78 is 11.1. The summed E-state index contributed by atoms with van der Waals surface area (Å²) in [5.41, 5.74) is 3.32. The lowest BCUT2D eigenvalue weighted by atomic mass is 9.86. The molecule has 4 amide bonds. The standard InChI is InChI=1S/C37H49ClN4O7/c1-37(2,3)49-36(47)41-22-21-40(25-32(41)29-15-8-5-9-16-29)34(45)31(18-11-23-43)42(33(44)20-19-27-12-6-4-7-13-27)39-35(46)48-26-28-14-10-17-30(38)24-28/h5,8-10,14-17,23-24,27,31-32H,4,6-7,11-13,18-22,25-26H2,1-3H3,(H,39,46). The lowest BCUT2D eigenvalue weighted by Crippen LogP contribution is -2.61. The Kier molecular flexibility index (Phi) is 13.9. The number of ether oxygens (including phenoxy) is 2. The van der Waals surface area contributed by atoms with Gasteiger partial charge in [-0.2, -0.15) is 0 Å². The van der Waals surface area contributed by atoms with Gasteiger partial charge in [0.2, 0.25) is 11.8 Å². The summed E-state index contributed by atoms with van der Waals surface area (Å²) in [4.78, 5) is 69.6. The van der Waals surface area contributed by atoms with Gasteiger partial charge in [-0.3, -0.25) is 14.5 Å². The van der Waals surface area contributed by atoms with Crippen LogP contribution in [0.4, 0.5) is 9.59 Å². The van der Waals surface area contributed by atoms with Crippen LogP contribution in [-0.2, 0) is 30.5 Å². The van der Waals surface area contributed by atoms with E-state index in [9.17, 15) is 24.0 Å². The number of piperazine rings is 1. The fraction of sp³-hybridized carbons (Fsp3) is 0.541. The summed E-state index contributed by atoms with van der Waals surface area (Å²) in [6.07, 6.45) is 5.54. The van der Waals surface area contributed by atoms with Gasteiger partial charge in [-0.15, -0.1) is 0 Å².